The number of benzene rings is 3. The number of aliphatic hydroxyl groups excluding tert-OH is 1. The molecule has 7 aliphatic rings. The zero-order valence-corrected chi connectivity index (χ0v) is 44.8. The zero-order chi connectivity index (χ0) is 53.7. The lowest BCUT2D eigenvalue weighted by Gasteiger charge is -2.60. The van der Waals surface area contributed by atoms with E-state index in [1.54, 1.807) is 35.2 Å². The van der Waals surface area contributed by atoms with Crippen molar-refractivity contribution < 1.29 is 29.0 Å². The van der Waals surface area contributed by atoms with Gasteiger partial charge in [0.25, 0.3) is 0 Å². The molecule has 8 heterocycles. The van der Waals surface area contributed by atoms with Gasteiger partial charge in [0.15, 0.2) is 11.5 Å². The minimum atomic E-state index is -1.05. The van der Waals surface area contributed by atoms with Gasteiger partial charge >= 0.3 is 0 Å². The molecule has 2 unspecified atom stereocenters. The van der Waals surface area contributed by atoms with Crippen LogP contribution in [0.15, 0.2) is 103 Å². The first-order chi connectivity index (χ1) is 37.6. The molecule has 2 saturated carbocycles. The van der Waals surface area contributed by atoms with E-state index in [1.165, 1.54) is 11.6 Å². The summed E-state index contributed by atoms with van der Waals surface area (Å²) in [5.74, 6) is 1.09. The summed E-state index contributed by atoms with van der Waals surface area (Å²) in [6.07, 6.45) is 13.9. The summed E-state index contributed by atoms with van der Waals surface area (Å²) in [5.41, 5.74) is 4.89. The van der Waals surface area contributed by atoms with Gasteiger partial charge in [-0.1, -0.05) is 80.5 Å². The quantitative estimate of drug-likeness (QED) is 0.0842. The Bertz CT molecular complexity index is 3260. The molecule has 3 aromatic carbocycles. The highest BCUT2D eigenvalue weighted by atomic mass is 19.1. The normalized spacial score (nSPS) is 28.5. The molecule has 3 aromatic heterocycles. The average molecular weight is 1060 g/mol. The van der Waals surface area contributed by atoms with E-state index in [1.807, 2.05) is 76.4 Å². The number of hydrogen-bond acceptors (Lipinski definition) is 14. The Kier molecular flexibility index (Phi) is 12.5. The maximum Gasteiger partial charge on any atom is 0.246 e. The molecular weight excluding hydrogens is 988 g/mol. The number of phenols is 1. The highest BCUT2D eigenvalue weighted by Gasteiger charge is 2.57. The molecule has 6 aromatic rings. The number of phenolic OH excluding ortho intramolecular Hbond substituents is 1. The Labute approximate surface area is 453 Å². The Balaban J connectivity index is 0.575. The fourth-order valence-corrected chi connectivity index (χ4v) is 14.1. The Morgan fingerprint density at radius 2 is 1.55 bits per heavy atom. The number of oxime groups is 1. The van der Waals surface area contributed by atoms with Crippen molar-refractivity contribution in [3.05, 3.63) is 114 Å². The monoisotopic (exact) mass is 1060 g/mol. The van der Waals surface area contributed by atoms with Gasteiger partial charge in [-0.25, -0.2) is 14.4 Å². The van der Waals surface area contributed by atoms with Crippen LogP contribution in [0, 0.1) is 22.6 Å². The van der Waals surface area contributed by atoms with Crippen molar-refractivity contribution in [3.8, 4) is 28.1 Å². The van der Waals surface area contributed by atoms with Crippen molar-refractivity contribution in [3.63, 3.8) is 0 Å². The number of nitrogens with one attached hydrogen (secondary N) is 3. The van der Waals surface area contributed by atoms with Crippen LogP contribution in [0.4, 0.5) is 16.0 Å². The number of carbonyl (C=O) groups is 2. The van der Waals surface area contributed by atoms with Crippen molar-refractivity contribution in [2.24, 2.45) is 21.9 Å². The predicted molar refractivity (Wildman–Crippen MR) is 295 cm³/mol. The van der Waals surface area contributed by atoms with Crippen LogP contribution in [0.25, 0.3) is 33.4 Å². The zero-order valence-electron chi connectivity index (χ0n) is 44.8. The summed E-state index contributed by atoms with van der Waals surface area (Å²) in [4.78, 5) is 57.1. The maximum absolute atomic E-state index is 14.6. The molecule has 18 heteroatoms. The molecule has 1 spiro atoms. The standard InChI is InChI=1S/C60H69FN12O5/c1-58(2,3)52(56(77)72-34-43(74)23-49(72)54-66-59(4,78-69-54)39-15-13-36(14-16-39)44-9-5-7-11-47(44)61)65-55(76)37-25-60(26-37)27-42(28-60)70-21-19-35(20-22-70)38-29-63-57(64-30-38)73-40-17-18-41(73)33-71(32-40)50-31-62-53-46(50)24-48(67-68-53)45-10-6-8-12-51(45)75/h5-16,24,29-31,35,37,40-43,49,52,74-75H,17-23,25-28,32-34H2,1-4H3,(H,62,68)(H,65,76)(H,66,69)/t37-,40?,41?,42-,43-,49+,52-,59-,60?/m1/s1. The molecule has 2 amide bonds. The highest BCUT2D eigenvalue weighted by molar-refractivity contribution is 5.96. The minimum absolute atomic E-state index is 0.0780. The van der Waals surface area contributed by atoms with Gasteiger partial charge in [-0.05, 0) is 117 Å². The fourth-order valence-electron chi connectivity index (χ4n) is 14.1. The number of rotatable bonds is 11. The average Bonchev–Trinajstić information content (AvgIpc) is 4.27. The van der Waals surface area contributed by atoms with Gasteiger partial charge in [0.1, 0.15) is 17.6 Å². The van der Waals surface area contributed by atoms with Crippen molar-refractivity contribution >= 4 is 40.3 Å². The van der Waals surface area contributed by atoms with E-state index < -0.39 is 29.3 Å². The lowest BCUT2D eigenvalue weighted by molar-refractivity contribution is -0.149. The molecule has 5 aliphatic heterocycles. The van der Waals surface area contributed by atoms with E-state index >= 15 is 0 Å². The summed E-state index contributed by atoms with van der Waals surface area (Å²) in [7, 11) is 0. The van der Waals surface area contributed by atoms with E-state index in [0.717, 1.165) is 111 Å². The number of anilines is 2. The van der Waals surface area contributed by atoms with Gasteiger partial charge in [0.05, 0.1) is 23.5 Å². The number of piperidine rings is 1. The van der Waals surface area contributed by atoms with Crippen LogP contribution in [0.1, 0.15) is 103 Å². The lowest BCUT2D eigenvalue weighted by Crippen LogP contribution is -2.62. The number of aliphatic hydroxyl groups is 1. The number of aromatic hydroxyl groups is 1. The number of amidine groups is 1. The van der Waals surface area contributed by atoms with Gasteiger partial charge in [0.2, 0.25) is 23.5 Å². The molecule has 2 bridgehead atoms. The fraction of sp³-hybridized carbons (Fsp3) is 0.483. The number of para-hydroxylation sites is 1. The summed E-state index contributed by atoms with van der Waals surface area (Å²) in [5, 5.41) is 42.3. The predicted octanol–water partition coefficient (Wildman–Crippen LogP) is 7.82. The first kappa shape index (κ1) is 50.3. The molecule has 17 nitrogen and oxygen atoms in total. The first-order valence-corrected chi connectivity index (χ1v) is 28.0. The third-order valence-corrected chi connectivity index (χ3v) is 18.5. The number of hydrogen-bond donors (Lipinski definition) is 5. The second-order valence-corrected chi connectivity index (χ2v) is 24.7. The van der Waals surface area contributed by atoms with Gasteiger partial charge in [-0.3, -0.25) is 9.59 Å². The number of nitrogens with zero attached hydrogens (tertiary/aromatic N) is 9. The number of carbonyl (C=O) groups excluding carboxylic acids is 2. The summed E-state index contributed by atoms with van der Waals surface area (Å²) >= 11 is 0. The highest BCUT2D eigenvalue weighted by Crippen LogP contribution is 2.60. The molecular formula is C60H69FN12O5. The molecule has 13 rings (SSSR count). The lowest BCUT2D eigenvalue weighted by atomic mass is 9.49. The topological polar surface area (TPSA) is 201 Å². The second kappa shape index (κ2) is 19.3. The van der Waals surface area contributed by atoms with E-state index in [9.17, 15) is 24.2 Å². The van der Waals surface area contributed by atoms with E-state index in [4.69, 9.17) is 14.8 Å². The number of H-pyrrole nitrogens is 1. The third-order valence-electron chi connectivity index (χ3n) is 18.5. The number of halogens is 1. The van der Waals surface area contributed by atoms with E-state index in [0.29, 0.717) is 46.7 Å². The summed E-state index contributed by atoms with van der Waals surface area (Å²) < 4.78 is 14.5. The van der Waals surface area contributed by atoms with Crippen LogP contribution in [-0.2, 0) is 20.2 Å². The number of amides is 2. The molecule has 6 atom stereocenters. The maximum atomic E-state index is 14.6. The Morgan fingerprint density at radius 1 is 0.859 bits per heavy atom. The summed E-state index contributed by atoms with van der Waals surface area (Å²) in [6, 6.07) is 23.0. The van der Waals surface area contributed by atoms with Crippen LogP contribution in [0.3, 0.4) is 0 Å². The Morgan fingerprint density at radius 3 is 2.24 bits per heavy atom. The van der Waals surface area contributed by atoms with E-state index in [-0.39, 0.29) is 47.7 Å². The summed E-state index contributed by atoms with van der Waals surface area (Å²) in [6.45, 7) is 11.6. The third kappa shape index (κ3) is 9.07. The molecule has 78 heavy (non-hydrogen) atoms. The molecule has 406 valence electrons. The van der Waals surface area contributed by atoms with Crippen LogP contribution >= 0.6 is 0 Å². The molecule has 6 fully saturated rings. The van der Waals surface area contributed by atoms with Crippen LogP contribution < -0.4 is 20.4 Å². The number of piperazine rings is 1. The molecule has 5 N–H and O–H groups in total. The smallest absolute Gasteiger partial charge is 0.246 e. The Hall–Kier alpha value is -7.18. The number of aromatic nitrogens is 5. The van der Waals surface area contributed by atoms with E-state index in [2.05, 4.69) is 58.1 Å². The molecule has 4 saturated heterocycles. The van der Waals surface area contributed by atoms with Crippen LogP contribution in [-0.4, -0.2) is 132 Å². The number of fused-ring (bicyclic) bond motifs is 3. The minimum Gasteiger partial charge on any atom is -0.507 e. The van der Waals surface area contributed by atoms with Crippen molar-refractivity contribution in [2.75, 3.05) is 42.5 Å². The SMILES string of the molecule is CC(C)(C)[C@H](NC(=O)[C@H]1CC2(C1)C[C@H](N1CCC(c3cnc(N4C5CCC4CN(c4c[nH]c6nnc(-c7ccccc7O)cc46)C5)nc3)CC1)C2)C(=O)N1C[C@H](O)C[C@H]1C1=NO[C@](C)(c2ccc(-c3ccccc3F)cc2)N1. The van der Waals surface area contributed by atoms with Crippen LogP contribution in [0.5, 0.6) is 5.75 Å². The number of β-amino-alcohol motifs (C(OH)–C–C–N with tert-alkyl or cyclic N) is 1. The van der Waals surface area contributed by atoms with Gasteiger partial charge in [-0.2, -0.15) is 0 Å². The molecule has 2 aliphatic carbocycles. The van der Waals surface area contributed by atoms with Crippen molar-refractivity contribution in [2.45, 2.75) is 133 Å². The second-order valence-electron chi connectivity index (χ2n) is 24.7. The van der Waals surface area contributed by atoms with Gasteiger partial charge in [-0.15, -0.1) is 10.2 Å². The van der Waals surface area contributed by atoms with Crippen LogP contribution in [0.2, 0.25) is 0 Å². The first-order valence-electron chi connectivity index (χ1n) is 28.0. The largest absolute Gasteiger partial charge is 0.507 e. The van der Waals surface area contributed by atoms with Crippen molar-refractivity contribution in [1.82, 2.24) is 45.6 Å². The number of likely N-dealkylation sites (tertiary alicyclic amines) is 2. The molecule has 0 radical (unpaired) electrons. The van der Waals surface area contributed by atoms with Gasteiger partial charge in [0, 0.05) is 97.7 Å². The van der Waals surface area contributed by atoms with Crippen molar-refractivity contribution in [1.29, 1.82) is 0 Å². The van der Waals surface area contributed by atoms with Gasteiger partial charge < -0.3 is 50.3 Å². The number of aromatic amines is 1.